The van der Waals surface area contributed by atoms with E-state index < -0.39 is 5.60 Å². The molecule has 0 bridgehead atoms. The van der Waals surface area contributed by atoms with Gasteiger partial charge in [-0.3, -0.25) is 0 Å². The van der Waals surface area contributed by atoms with Gasteiger partial charge in [0.05, 0.1) is 5.60 Å². The van der Waals surface area contributed by atoms with E-state index in [-0.39, 0.29) is 0 Å². The van der Waals surface area contributed by atoms with Crippen LogP contribution in [-0.2, 0) is 0 Å². The number of piperidine rings is 1. The Morgan fingerprint density at radius 2 is 2.21 bits per heavy atom. The fraction of sp³-hybridized carbons (Fsp3) is 1.00. The van der Waals surface area contributed by atoms with Gasteiger partial charge in [-0.1, -0.05) is 0 Å². The Kier molecular flexibility index (Phi) is 4.35. The van der Waals surface area contributed by atoms with Crippen LogP contribution in [0.4, 0.5) is 0 Å². The summed E-state index contributed by atoms with van der Waals surface area (Å²) in [7, 11) is 2.03. The third kappa shape index (κ3) is 4.40. The Bertz CT molecular complexity index is 165. The van der Waals surface area contributed by atoms with Crippen molar-refractivity contribution in [1.29, 1.82) is 0 Å². The maximum Gasteiger partial charge on any atom is 0.0603 e. The summed E-state index contributed by atoms with van der Waals surface area (Å²) in [6, 6.07) is 0.644. The largest absolute Gasteiger partial charge is 0.390 e. The Morgan fingerprint density at radius 1 is 1.50 bits per heavy atom. The van der Waals surface area contributed by atoms with E-state index in [0.29, 0.717) is 6.04 Å². The van der Waals surface area contributed by atoms with Crippen molar-refractivity contribution in [3.05, 3.63) is 0 Å². The molecular weight excluding hydrogens is 176 g/mol. The maximum atomic E-state index is 9.63. The van der Waals surface area contributed by atoms with Crippen LogP contribution in [0.2, 0.25) is 0 Å². The summed E-state index contributed by atoms with van der Waals surface area (Å²) >= 11 is 0. The van der Waals surface area contributed by atoms with Crippen LogP contribution in [0.15, 0.2) is 0 Å². The van der Waals surface area contributed by atoms with Crippen molar-refractivity contribution >= 4 is 0 Å². The van der Waals surface area contributed by atoms with Gasteiger partial charge in [-0.05, 0) is 46.7 Å². The number of nitrogens with one attached hydrogen (secondary N) is 1. The van der Waals surface area contributed by atoms with Crippen LogP contribution < -0.4 is 5.32 Å². The highest BCUT2D eigenvalue weighted by Crippen LogP contribution is 2.13. The lowest BCUT2D eigenvalue weighted by molar-refractivity contribution is 0.0527. The molecule has 1 rings (SSSR count). The number of rotatable bonds is 4. The van der Waals surface area contributed by atoms with Crippen molar-refractivity contribution < 1.29 is 5.11 Å². The highest BCUT2D eigenvalue weighted by molar-refractivity contribution is 4.78. The predicted octanol–water partition coefficient (Wildman–Crippen LogP) is 0.831. The molecule has 0 saturated carbocycles. The highest BCUT2D eigenvalue weighted by Gasteiger charge is 2.20. The Balaban J connectivity index is 2.24. The molecule has 3 heteroatoms. The zero-order valence-electron chi connectivity index (χ0n) is 9.71. The fourth-order valence-electron chi connectivity index (χ4n) is 1.93. The first-order valence-corrected chi connectivity index (χ1v) is 5.63. The van der Waals surface area contributed by atoms with Gasteiger partial charge in [0.15, 0.2) is 0 Å². The predicted molar refractivity (Wildman–Crippen MR) is 59.4 cm³/mol. The van der Waals surface area contributed by atoms with Gasteiger partial charge in [-0.2, -0.15) is 0 Å². The third-order valence-corrected chi connectivity index (χ3v) is 2.95. The molecule has 3 nitrogen and oxygen atoms in total. The van der Waals surface area contributed by atoms with Crippen LogP contribution in [0.5, 0.6) is 0 Å². The van der Waals surface area contributed by atoms with Gasteiger partial charge in [0, 0.05) is 19.1 Å². The van der Waals surface area contributed by atoms with Crippen molar-refractivity contribution in [2.75, 3.05) is 26.7 Å². The van der Waals surface area contributed by atoms with Gasteiger partial charge in [-0.15, -0.1) is 0 Å². The smallest absolute Gasteiger partial charge is 0.0603 e. The standard InChI is InChI=1S/C11H24N2O/c1-11(2,14)6-8-13-7-4-5-10(9-13)12-3/h10,12,14H,4-9H2,1-3H3. The molecule has 1 saturated heterocycles. The Hall–Kier alpha value is -0.120. The lowest BCUT2D eigenvalue weighted by Crippen LogP contribution is -2.45. The highest BCUT2D eigenvalue weighted by atomic mass is 16.3. The van der Waals surface area contributed by atoms with Gasteiger partial charge in [0.25, 0.3) is 0 Å². The molecule has 0 spiro atoms. The molecule has 1 aliphatic heterocycles. The Labute approximate surface area is 87.5 Å². The van der Waals surface area contributed by atoms with Gasteiger partial charge >= 0.3 is 0 Å². The van der Waals surface area contributed by atoms with Crippen LogP contribution in [-0.4, -0.2) is 48.3 Å². The number of hydrogen-bond donors (Lipinski definition) is 2. The van der Waals surface area contributed by atoms with Crippen LogP contribution in [0.3, 0.4) is 0 Å². The third-order valence-electron chi connectivity index (χ3n) is 2.95. The second kappa shape index (κ2) is 5.10. The van der Waals surface area contributed by atoms with Crippen molar-refractivity contribution in [2.24, 2.45) is 0 Å². The zero-order valence-corrected chi connectivity index (χ0v) is 9.71. The second-order valence-corrected chi connectivity index (χ2v) is 4.99. The average molecular weight is 200 g/mol. The van der Waals surface area contributed by atoms with Gasteiger partial charge < -0.3 is 15.3 Å². The average Bonchev–Trinajstić information content (AvgIpc) is 2.14. The molecule has 1 fully saturated rings. The van der Waals surface area contributed by atoms with E-state index in [2.05, 4.69) is 10.2 Å². The molecular formula is C11H24N2O. The molecule has 2 N–H and O–H groups in total. The first kappa shape index (κ1) is 12.0. The summed E-state index contributed by atoms with van der Waals surface area (Å²) in [5.41, 5.74) is -0.521. The monoisotopic (exact) mass is 200 g/mol. The first-order chi connectivity index (χ1) is 6.51. The summed E-state index contributed by atoms with van der Waals surface area (Å²) in [5, 5.41) is 13.0. The molecule has 0 aromatic carbocycles. The normalized spacial score (nSPS) is 25.3. The Morgan fingerprint density at radius 3 is 2.79 bits per heavy atom. The summed E-state index contributed by atoms with van der Waals surface area (Å²) < 4.78 is 0. The zero-order chi connectivity index (χ0) is 10.6. The van der Waals surface area contributed by atoms with Gasteiger partial charge in [0.2, 0.25) is 0 Å². The molecule has 0 radical (unpaired) electrons. The number of hydrogen-bond acceptors (Lipinski definition) is 3. The van der Waals surface area contributed by atoms with Crippen molar-refractivity contribution in [1.82, 2.24) is 10.2 Å². The van der Waals surface area contributed by atoms with E-state index in [4.69, 9.17) is 0 Å². The molecule has 0 amide bonds. The van der Waals surface area contributed by atoms with E-state index in [1.165, 1.54) is 19.4 Å². The molecule has 1 heterocycles. The molecule has 84 valence electrons. The quantitative estimate of drug-likeness (QED) is 0.705. The summed E-state index contributed by atoms with van der Waals surface area (Å²) in [5.74, 6) is 0. The van der Waals surface area contributed by atoms with E-state index >= 15 is 0 Å². The van der Waals surface area contributed by atoms with Crippen LogP contribution in [0.25, 0.3) is 0 Å². The molecule has 1 aliphatic rings. The summed E-state index contributed by atoms with van der Waals surface area (Å²) in [6.07, 6.45) is 3.43. The number of aliphatic hydroxyl groups is 1. The van der Waals surface area contributed by atoms with Crippen LogP contribution in [0.1, 0.15) is 33.1 Å². The van der Waals surface area contributed by atoms with E-state index in [0.717, 1.165) is 19.5 Å². The molecule has 1 unspecified atom stereocenters. The van der Waals surface area contributed by atoms with E-state index in [9.17, 15) is 5.11 Å². The van der Waals surface area contributed by atoms with Crippen molar-refractivity contribution in [3.63, 3.8) is 0 Å². The molecule has 0 aliphatic carbocycles. The SMILES string of the molecule is CNC1CCCN(CCC(C)(C)O)C1. The maximum absolute atomic E-state index is 9.63. The lowest BCUT2D eigenvalue weighted by atomic mass is 10.0. The molecule has 0 aromatic heterocycles. The van der Waals surface area contributed by atoms with Gasteiger partial charge in [-0.25, -0.2) is 0 Å². The molecule has 14 heavy (non-hydrogen) atoms. The number of likely N-dealkylation sites (N-methyl/N-ethyl adjacent to an activating group) is 1. The fourth-order valence-corrected chi connectivity index (χ4v) is 1.93. The van der Waals surface area contributed by atoms with Crippen LogP contribution in [0, 0.1) is 0 Å². The van der Waals surface area contributed by atoms with Crippen molar-refractivity contribution in [3.8, 4) is 0 Å². The lowest BCUT2D eigenvalue weighted by Gasteiger charge is -2.33. The minimum absolute atomic E-state index is 0.521. The summed E-state index contributed by atoms with van der Waals surface area (Å²) in [4.78, 5) is 2.45. The number of likely N-dealkylation sites (tertiary alicyclic amines) is 1. The molecule has 1 atom stereocenters. The number of nitrogens with zero attached hydrogens (tertiary/aromatic N) is 1. The topological polar surface area (TPSA) is 35.5 Å². The van der Waals surface area contributed by atoms with E-state index in [1.54, 1.807) is 0 Å². The van der Waals surface area contributed by atoms with Gasteiger partial charge in [0.1, 0.15) is 0 Å². The minimum atomic E-state index is -0.521. The van der Waals surface area contributed by atoms with E-state index in [1.807, 2.05) is 20.9 Å². The second-order valence-electron chi connectivity index (χ2n) is 4.99. The first-order valence-electron chi connectivity index (χ1n) is 5.63. The molecule has 0 aromatic rings. The minimum Gasteiger partial charge on any atom is -0.390 e. The summed E-state index contributed by atoms with van der Waals surface area (Å²) in [6.45, 7) is 7.10. The van der Waals surface area contributed by atoms with Crippen molar-refractivity contribution in [2.45, 2.75) is 44.8 Å². The van der Waals surface area contributed by atoms with Crippen LogP contribution >= 0.6 is 0 Å².